The topological polar surface area (TPSA) is 66.4 Å². The summed E-state index contributed by atoms with van der Waals surface area (Å²) in [6, 6.07) is 14.2. The number of benzene rings is 2. The molecule has 2 aromatic rings. The molecule has 23 heavy (non-hydrogen) atoms. The molecule has 1 amide bonds. The molecule has 0 aromatic heterocycles. The van der Waals surface area contributed by atoms with Crippen LogP contribution >= 0.6 is 0 Å². The maximum Gasteiger partial charge on any atom is 0.334 e. The minimum absolute atomic E-state index is 0.253. The molecule has 1 unspecified atom stereocenters. The summed E-state index contributed by atoms with van der Waals surface area (Å²) in [6.45, 7) is 5.54. The Kier molecular flexibility index (Phi) is 4.84. The van der Waals surface area contributed by atoms with Crippen molar-refractivity contribution in [1.82, 2.24) is 5.32 Å². The zero-order valence-electron chi connectivity index (χ0n) is 13.6. The first-order chi connectivity index (χ1) is 10.9. The number of aliphatic carboxylic acids is 1. The predicted molar refractivity (Wildman–Crippen MR) is 89.4 cm³/mol. The highest BCUT2D eigenvalue weighted by Crippen LogP contribution is 2.26. The number of nitrogens with one attached hydrogen (secondary N) is 1. The van der Waals surface area contributed by atoms with E-state index >= 15 is 0 Å². The lowest BCUT2D eigenvalue weighted by atomic mass is 9.86. The number of hydrogen-bond donors (Lipinski definition) is 2. The van der Waals surface area contributed by atoms with Gasteiger partial charge >= 0.3 is 5.97 Å². The average molecular weight is 311 g/mol. The smallest absolute Gasteiger partial charge is 0.334 e. The Morgan fingerprint density at radius 3 is 2.26 bits per heavy atom. The van der Waals surface area contributed by atoms with Gasteiger partial charge in [0.05, 0.1) is 0 Å². The Morgan fingerprint density at radius 1 is 1.04 bits per heavy atom. The lowest BCUT2D eigenvalue weighted by Gasteiger charge is -2.30. The van der Waals surface area contributed by atoms with E-state index in [-0.39, 0.29) is 12.3 Å². The predicted octanol–water partition coefficient (Wildman–Crippen LogP) is 3.42. The van der Waals surface area contributed by atoms with E-state index < -0.39 is 11.5 Å². The van der Waals surface area contributed by atoms with Gasteiger partial charge in [0.2, 0.25) is 0 Å². The van der Waals surface area contributed by atoms with E-state index in [9.17, 15) is 14.7 Å². The lowest BCUT2D eigenvalue weighted by molar-refractivity contribution is -0.145. The molecule has 0 aliphatic carbocycles. The Bertz CT molecular complexity index is 725. The molecule has 0 aliphatic heterocycles. The molecule has 0 fully saturated rings. The molecule has 0 saturated heterocycles. The quantitative estimate of drug-likeness (QED) is 0.889. The van der Waals surface area contributed by atoms with Crippen LogP contribution in [0.5, 0.6) is 0 Å². The van der Waals surface area contributed by atoms with Crippen molar-refractivity contribution in [3.05, 3.63) is 70.8 Å². The third-order valence-corrected chi connectivity index (χ3v) is 4.34. The van der Waals surface area contributed by atoms with Crippen molar-refractivity contribution in [3.63, 3.8) is 0 Å². The summed E-state index contributed by atoms with van der Waals surface area (Å²) in [7, 11) is 0. The minimum atomic E-state index is -1.44. The standard InChI is InChI=1S/C19H21NO3/c1-4-19(18(22)23,15-10-6-5-7-11-15)20-17(21)16-12-8-9-13(2)14(16)3/h5-12H,4H2,1-3H3,(H,20,21)(H,22,23). The second kappa shape index (κ2) is 6.65. The summed E-state index contributed by atoms with van der Waals surface area (Å²) in [5.74, 6) is -1.44. The van der Waals surface area contributed by atoms with E-state index in [1.807, 2.05) is 26.0 Å². The van der Waals surface area contributed by atoms with Crippen LogP contribution in [0.1, 0.15) is 40.4 Å². The van der Waals surface area contributed by atoms with Gasteiger partial charge in [-0.3, -0.25) is 4.79 Å². The summed E-state index contributed by atoms with van der Waals surface area (Å²) >= 11 is 0. The first-order valence-electron chi connectivity index (χ1n) is 7.60. The van der Waals surface area contributed by atoms with Gasteiger partial charge in [0, 0.05) is 5.56 Å². The molecule has 2 aromatic carbocycles. The highest BCUT2D eigenvalue weighted by Gasteiger charge is 2.40. The maximum atomic E-state index is 12.7. The largest absolute Gasteiger partial charge is 0.479 e. The van der Waals surface area contributed by atoms with Crippen molar-refractivity contribution in [3.8, 4) is 0 Å². The average Bonchev–Trinajstić information content (AvgIpc) is 2.55. The van der Waals surface area contributed by atoms with Crippen molar-refractivity contribution in [2.45, 2.75) is 32.7 Å². The molecule has 0 bridgehead atoms. The van der Waals surface area contributed by atoms with Gasteiger partial charge in [-0.2, -0.15) is 0 Å². The fourth-order valence-corrected chi connectivity index (χ4v) is 2.67. The Hall–Kier alpha value is -2.62. The van der Waals surface area contributed by atoms with E-state index in [1.54, 1.807) is 43.3 Å². The van der Waals surface area contributed by atoms with Gasteiger partial charge in [0.25, 0.3) is 5.91 Å². The molecule has 0 heterocycles. The van der Waals surface area contributed by atoms with Gasteiger partial charge < -0.3 is 10.4 Å². The summed E-state index contributed by atoms with van der Waals surface area (Å²) in [5.41, 5.74) is 1.48. The summed E-state index contributed by atoms with van der Waals surface area (Å²) in [6.07, 6.45) is 0.253. The molecule has 0 aliphatic rings. The molecule has 120 valence electrons. The van der Waals surface area contributed by atoms with Crippen LogP contribution < -0.4 is 5.32 Å². The zero-order valence-corrected chi connectivity index (χ0v) is 13.6. The normalized spacial score (nSPS) is 13.2. The van der Waals surface area contributed by atoms with Crippen molar-refractivity contribution < 1.29 is 14.7 Å². The molecule has 0 spiro atoms. The van der Waals surface area contributed by atoms with E-state index in [1.165, 1.54) is 0 Å². The molecule has 4 heteroatoms. The minimum Gasteiger partial charge on any atom is -0.479 e. The number of carbonyl (C=O) groups is 2. The van der Waals surface area contributed by atoms with Crippen molar-refractivity contribution in [2.24, 2.45) is 0 Å². The van der Waals surface area contributed by atoms with Crippen LogP contribution in [0.4, 0.5) is 0 Å². The van der Waals surface area contributed by atoms with Gasteiger partial charge in [0.15, 0.2) is 5.54 Å². The third kappa shape index (κ3) is 3.11. The molecule has 0 radical (unpaired) electrons. The van der Waals surface area contributed by atoms with Crippen LogP contribution in [-0.2, 0) is 10.3 Å². The Labute approximate surface area is 136 Å². The number of carboxylic acids is 1. The number of hydrogen-bond acceptors (Lipinski definition) is 2. The number of rotatable bonds is 5. The van der Waals surface area contributed by atoms with Gasteiger partial charge in [-0.1, -0.05) is 49.4 Å². The van der Waals surface area contributed by atoms with Gasteiger partial charge in [-0.05, 0) is 43.0 Å². The van der Waals surface area contributed by atoms with Gasteiger partial charge in [-0.15, -0.1) is 0 Å². The molecular weight excluding hydrogens is 290 g/mol. The summed E-state index contributed by atoms with van der Waals surface area (Å²) < 4.78 is 0. The zero-order chi connectivity index (χ0) is 17.0. The van der Waals surface area contributed by atoms with Crippen LogP contribution in [0.3, 0.4) is 0 Å². The number of carboxylic acid groups (broad SMARTS) is 1. The summed E-state index contributed by atoms with van der Waals surface area (Å²) in [4.78, 5) is 24.7. The molecule has 2 N–H and O–H groups in total. The lowest BCUT2D eigenvalue weighted by Crippen LogP contribution is -2.51. The van der Waals surface area contributed by atoms with Crippen molar-refractivity contribution in [1.29, 1.82) is 0 Å². The molecule has 0 saturated carbocycles. The highest BCUT2D eigenvalue weighted by atomic mass is 16.4. The van der Waals surface area contributed by atoms with Crippen LogP contribution in [0.2, 0.25) is 0 Å². The molecule has 1 atom stereocenters. The Morgan fingerprint density at radius 2 is 1.70 bits per heavy atom. The van der Waals surface area contributed by atoms with E-state index in [2.05, 4.69) is 5.32 Å². The highest BCUT2D eigenvalue weighted by molar-refractivity contribution is 5.99. The first kappa shape index (κ1) is 16.7. The molecular formula is C19H21NO3. The monoisotopic (exact) mass is 311 g/mol. The van der Waals surface area contributed by atoms with E-state index in [0.29, 0.717) is 11.1 Å². The number of carbonyl (C=O) groups excluding carboxylic acids is 1. The molecule has 2 rings (SSSR count). The number of amides is 1. The van der Waals surface area contributed by atoms with E-state index in [0.717, 1.165) is 11.1 Å². The van der Waals surface area contributed by atoms with Gasteiger partial charge in [0.1, 0.15) is 0 Å². The van der Waals surface area contributed by atoms with Crippen LogP contribution in [-0.4, -0.2) is 17.0 Å². The fourth-order valence-electron chi connectivity index (χ4n) is 2.67. The summed E-state index contributed by atoms with van der Waals surface area (Å²) in [5, 5.41) is 12.5. The van der Waals surface area contributed by atoms with Crippen LogP contribution in [0.15, 0.2) is 48.5 Å². The first-order valence-corrected chi connectivity index (χ1v) is 7.60. The SMILES string of the molecule is CCC(NC(=O)c1cccc(C)c1C)(C(=O)O)c1ccccc1. The van der Waals surface area contributed by atoms with Gasteiger partial charge in [-0.25, -0.2) is 4.79 Å². The third-order valence-electron chi connectivity index (χ3n) is 4.34. The van der Waals surface area contributed by atoms with Crippen LogP contribution in [0.25, 0.3) is 0 Å². The maximum absolute atomic E-state index is 12.7. The Balaban J connectivity index is 2.45. The second-order valence-corrected chi connectivity index (χ2v) is 5.63. The van der Waals surface area contributed by atoms with Crippen molar-refractivity contribution in [2.75, 3.05) is 0 Å². The van der Waals surface area contributed by atoms with E-state index in [4.69, 9.17) is 0 Å². The van der Waals surface area contributed by atoms with Crippen molar-refractivity contribution >= 4 is 11.9 Å². The number of aryl methyl sites for hydroxylation is 1. The van der Waals surface area contributed by atoms with Crippen LogP contribution in [0, 0.1) is 13.8 Å². The molecule has 4 nitrogen and oxygen atoms in total. The fraction of sp³-hybridized carbons (Fsp3) is 0.263. The second-order valence-electron chi connectivity index (χ2n) is 5.63.